The van der Waals surface area contributed by atoms with Gasteiger partial charge in [0.1, 0.15) is 17.9 Å². The van der Waals surface area contributed by atoms with Crippen molar-refractivity contribution in [3.8, 4) is 11.8 Å². The zero-order valence-electron chi connectivity index (χ0n) is 11.0. The predicted octanol–water partition coefficient (Wildman–Crippen LogP) is 0.429. The molecule has 0 unspecified atom stereocenters. The summed E-state index contributed by atoms with van der Waals surface area (Å²) >= 11 is 0. The first kappa shape index (κ1) is 15.9. The lowest BCUT2D eigenvalue weighted by atomic mass is 10.3. The minimum absolute atomic E-state index is 0.00164. The number of hydrogen-bond donors (Lipinski definition) is 1. The number of methoxy groups -OCH3 is 1. The third-order valence-corrected chi connectivity index (χ3v) is 3.89. The number of benzene rings is 1. The summed E-state index contributed by atoms with van der Waals surface area (Å²) in [6, 6.07) is 6.24. The monoisotopic (exact) mass is 298 g/mol. The third kappa shape index (κ3) is 4.22. The molecule has 0 aromatic heterocycles. The second-order valence-corrected chi connectivity index (χ2v) is 5.50. The summed E-state index contributed by atoms with van der Waals surface area (Å²) in [5.74, 6) is -0.297. The summed E-state index contributed by atoms with van der Waals surface area (Å²) in [6.45, 7) is 0.911. The minimum Gasteiger partial charge on any atom is -0.497 e. The van der Waals surface area contributed by atoms with Crippen LogP contribution in [0.2, 0.25) is 0 Å². The van der Waals surface area contributed by atoms with Gasteiger partial charge in [0, 0.05) is 0 Å². The summed E-state index contributed by atoms with van der Waals surface area (Å²) < 4.78 is 35.6. The molecule has 8 heteroatoms. The molecule has 0 saturated heterocycles. The van der Waals surface area contributed by atoms with Crippen LogP contribution >= 0.6 is 0 Å². The second-order valence-electron chi connectivity index (χ2n) is 3.78. The van der Waals surface area contributed by atoms with Crippen LogP contribution in [-0.4, -0.2) is 34.1 Å². The van der Waals surface area contributed by atoms with E-state index in [2.05, 4.69) is 9.46 Å². The first-order valence-electron chi connectivity index (χ1n) is 5.60. The molecule has 0 aliphatic carbocycles. The van der Waals surface area contributed by atoms with Crippen molar-refractivity contribution >= 4 is 16.0 Å². The van der Waals surface area contributed by atoms with E-state index in [1.54, 1.807) is 6.07 Å². The summed E-state index contributed by atoms with van der Waals surface area (Å²) in [7, 11) is -2.38. The van der Waals surface area contributed by atoms with Crippen molar-refractivity contribution < 1.29 is 22.7 Å². The number of esters is 1. The van der Waals surface area contributed by atoms with Crippen molar-refractivity contribution in [1.29, 1.82) is 5.26 Å². The normalized spacial score (nSPS) is 12.2. The van der Waals surface area contributed by atoms with Gasteiger partial charge in [-0.05, 0) is 31.2 Å². The average Bonchev–Trinajstić information content (AvgIpc) is 2.44. The number of carbonyl (C=O) groups is 1. The first-order valence-corrected chi connectivity index (χ1v) is 7.09. The Labute approximate surface area is 117 Å². The maximum absolute atomic E-state index is 12.0. The van der Waals surface area contributed by atoms with Gasteiger partial charge in [-0.2, -0.15) is 9.98 Å². The number of carbonyl (C=O) groups excluding carboxylic acids is 1. The van der Waals surface area contributed by atoms with Gasteiger partial charge in [0.15, 0.2) is 6.61 Å². The molecule has 1 aromatic rings. The van der Waals surface area contributed by atoms with Crippen LogP contribution in [0.5, 0.6) is 5.75 Å². The summed E-state index contributed by atoms with van der Waals surface area (Å²) in [5.41, 5.74) is 0. The van der Waals surface area contributed by atoms with Gasteiger partial charge in [-0.1, -0.05) is 0 Å². The lowest BCUT2D eigenvalue weighted by Gasteiger charge is -2.12. The molecule has 1 rings (SSSR count). The highest BCUT2D eigenvalue weighted by Crippen LogP contribution is 2.15. The van der Waals surface area contributed by atoms with E-state index in [0.29, 0.717) is 5.75 Å². The van der Waals surface area contributed by atoms with Gasteiger partial charge in [-0.15, -0.1) is 0 Å². The molecule has 0 spiro atoms. The van der Waals surface area contributed by atoms with Crippen LogP contribution in [0.15, 0.2) is 29.2 Å². The van der Waals surface area contributed by atoms with Crippen molar-refractivity contribution in [2.45, 2.75) is 17.9 Å². The van der Waals surface area contributed by atoms with E-state index in [0.717, 1.165) is 0 Å². The van der Waals surface area contributed by atoms with Gasteiger partial charge in [-0.25, -0.2) is 8.42 Å². The Morgan fingerprint density at radius 1 is 1.40 bits per heavy atom. The van der Waals surface area contributed by atoms with Gasteiger partial charge in [-0.3, -0.25) is 4.79 Å². The molecule has 1 N–H and O–H groups in total. The SMILES string of the molecule is COc1ccc(S(=O)(=O)N[C@@H](C)C(=O)OCC#N)cc1. The van der Waals surface area contributed by atoms with E-state index >= 15 is 0 Å². The van der Waals surface area contributed by atoms with E-state index in [-0.39, 0.29) is 4.90 Å². The van der Waals surface area contributed by atoms with Crippen LogP contribution < -0.4 is 9.46 Å². The number of nitrogens with zero attached hydrogens (tertiary/aromatic N) is 1. The highest BCUT2D eigenvalue weighted by Gasteiger charge is 2.23. The molecule has 7 nitrogen and oxygen atoms in total. The quantitative estimate of drug-likeness (QED) is 0.763. The fraction of sp³-hybridized carbons (Fsp3) is 0.333. The number of nitrogens with one attached hydrogen (secondary N) is 1. The fourth-order valence-corrected chi connectivity index (χ4v) is 2.52. The van der Waals surface area contributed by atoms with Crippen LogP contribution in [-0.2, 0) is 19.6 Å². The highest BCUT2D eigenvalue weighted by atomic mass is 32.2. The number of rotatable bonds is 6. The number of ether oxygens (including phenoxy) is 2. The fourth-order valence-electron chi connectivity index (χ4n) is 1.33. The maximum atomic E-state index is 12.0. The molecule has 108 valence electrons. The van der Waals surface area contributed by atoms with Crippen LogP contribution in [0.4, 0.5) is 0 Å². The van der Waals surface area contributed by atoms with E-state index in [1.165, 1.54) is 38.3 Å². The molecule has 0 bridgehead atoms. The molecular formula is C12H14N2O5S. The van der Waals surface area contributed by atoms with Crippen LogP contribution in [0, 0.1) is 11.3 Å². The van der Waals surface area contributed by atoms with Gasteiger partial charge in [0.25, 0.3) is 0 Å². The lowest BCUT2D eigenvalue weighted by Crippen LogP contribution is -2.39. The molecule has 0 fully saturated rings. The minimum atomic E-state index is -3.84. The largest absolute Gasteiger partial charge is 0.497 e. The van der Waals surface area contributed by atoms with Crippen molar-refractivity contribution in [2.75, 3.05) is 13.7 Å². The molecule has 1 aromatic carbocycles. The highest BCUT2D eigenvalue weighted by molar-refractivity contribution is 7.89. The summed E-state index contributed by atoms with van der Waals surface area (Å²) in [5, 5.41) is 8.28. The summed E-state index contributed by atoms with van der Waals surface area (Å²) in [6.07, 6.45) is 0. The molecule has 20 heavy (non-hydrogen) atoms. The van der Waals surface area contributed by atoms with Crippen molar-refractivity contribution in [3.05, 3.63) is 24.3 Å². The maximum Gasteiger partial charge on any atom is 0.324 e. The van der Waals surface area contributed by atoms with Gasteiger partial charge < -0.3 is 9.47 Å². The zero-order valence-corrected chi connectivity index (χ0v) is 11.8. The molecule has 0 radical (unpaired) electrons. The summed E-state index contributed by atoms with van der Waals surface area (Å²) in [4.78, 5) is 11.4. The van der Waals surface area contributed by atoms with Crippen molar-refractivity contribution in [1.82, 2.24) is 4.72 Å². The Balaban J connectivity index is 2.78. The molecule has 0 aliphatic rings. The Bertz CT molecular complexity index is 604. The standard InChI is InChI=1S/C12H14N2O5S/c1-9(12(15)19-8-7-13)14-20(16,17)11-5-3-10(18-2)4-6-11/h3-6,9,14H,8H2,1-2H3/t9-/m0/s1. The Hall–Kier alpha value is -2.11. The number of nitriles is 1. The zero-order chi connectivity index (χ0) is 15.2. The van der Waals surface area contributed by atoms with Crippen LogP contribution in [0.1, 0.15) is 6.92 Å². The molecule has 0 aliphatic heterocycles. The van der Waals surface area contributed by atoms with Crippen molar-refractivity contribution in [3.63, 3.8) is 0 Å². The van der Waals surface area contributed by atoms with Crippen molar-refractivity contribution in [2.24, 2.45) is 0 Å². The molecule has 0 heterocycles. The van der Waals surface area contributed by atoms with Gasteiger partial charge in [0.05, 0.1) is 12.0 Å². The third-order valence-electron chi connectivity index (χ3n) is 2.33. The Kier molecular flexibility index (Phi) is 5.49. The predicted molar refractivity (Wildman–Crippen MR) is 69.3 cm³/mol. The van der Waals surface area contributed by atoms with E-state index < -0.39 is 28.6 Å². The molecule has 0 saturated carbocycles. The topological polar surface area (TPSA) is 105 Å². The second kappa shape index (κ2) is 6.88. The van der Waals surface area contributed by atoms with Crippen LogP contribution in [0.25, 0.3) is 0 Å². The molecule has 1 atom stereocenters. The lowest BCUT2D eigenvalue weighted by molar-refractivity contribution is -0.143. The molecule has 0 amide bonds. The van der Waals surface area contributed by atoms with Gasteiger partial charge >= 0.3 is 5.97 Å². The first-order chi connectivity index (χ1) is 9.40. The molecular weight excluding hydrogens is 284 g/mol. The van der Waals surface area contributed by atoms with E-state index in [1.807, 2.05) is 0 Å². The van der Waals surface area contributed by atoms with Crippen LogP contribution in [0.3, 0.4) is 0 Å². The average molecular weight is 298 g/mol. The Morgan fingerprint density at radius 2 is 2.00 bits per heavy atom. The van der Waals surface area contributed by atoms with E-state index in [4.69, 9.17) is 10.00 Å². The number of sulfonamides is 1. The van der Waals surface area contributed by atoms with E-state index in [9.17, 15) is 13.2 Å². The van der Waals surface area contributed by atoms with Gasteiger partial charge in [0.2, 0.25) is 10.0 Å². The Morgan fingerprint density at radius 3 is 2.50 bits per heavy atom. The smallest absolute Gasteiger partial charge is 0.324 e. The number of hydrogen-bond acceptors (Lipinski definition) is 6.